The van der Waals surface area contributed by atoms with Crippen molar-refractivity contribution in [2.75, 3.05) is 84.4 Å². The van der Waals surface area contributed by atoms with Gasteiger partial charge in [0.2, 0.25) is 17.7 Å². The maximum Gasteiger partial charge on any atom is 0.415 e. The number of rotatable bonds is 10. The van der Waals surface area contributed by atoms with Gasteiger partial charge in [-0.15, -0.1) is 0 Å². The van der Waals surface area contributed by atoms with Gasteiger partial charge in [-0.1, -0.05) is 24.3 Å². The van der Waals surface area contributed by atoms with Crippen LogP contribution < -0.4 is 34.4 Å². The number of urea groups is 1. The van der Waals surface area contributed by atoms with Gasteiger partial charge in [-0.05, 0) is 119 Å². The maximum atomic E-state index is 13.7. The topological polar surface area (TPSA) is 149 Å². The minimum Gasteiger partial charge on any atom is -0.497 e. The molecule has 0 aliphatic carbocycles. The van der Waals surface area contributed by atoms with Gasteiger partial charge in [0.05, 0.1) is 44.3 Å². The van der Waals surface area contributed by atoms with E-state index in [1.54, 1.807) is 16.9 Å². The normalized spacial score (nSPS) is 18.1. The van der Waals surface area contributed by atoms with Gasteiger partial charge >= 0.3 is 12.1 Å². The highest BCUT2D eigenvalue weighted by Crippen LogP contribution is 2.40. The molecular formula is C53H62N10O6. The number of benzene rings is 3. The number of pyridine rings is 1. The molecule has 5 aromatic rings. The van der Waals surface area contributed by atoms with Crippen LogP contribution in [0.3, 0.4) is 0 Å². The zero-order valence-electron chi connectivity index (χ0n) is 40.5. The van der Waals surface area contributed by atoms with Crippen LogP contribution in [0.1, 0.15) is 79.5 Å². The SMILES string of the molecule is COc1ccc(CN2C(=O)CCN(c3ccc(N4CCC(N5CC(c6ccc(Nc7ncc8c(n7)CN(c7cnc9c(c7C)N(C(=O)OC(C)(C)C)CCO9)CC8)cc6)C5)CC4)cc3C)C2=O)cc1. The van der Waals surface area contributed by atoms with Crippen molar-refractivity contribution in [1.29, 1.82) is 0 Å². The Hall–Kier alpha value is -6.94. The summed E-state index contributed by atoms with van der Waals surface area (Å²) in [5.41, 5.74) is 10.2. The lowest BCUT2D eigenvalue weighted by atomic mass is 9.88. The lowest BCUT2D eigenvalue weighted by molar-refractivity contribution is -0.129. The molecule has 0 unspecified atom stereocenters. The van der Waals surface area contributed by atoms with Gasteiger partial charge in [-0.2, -0.15) is 0 Å². The van der Waals surface area contributed by atoms with Crippen LogP contribution in [0, 0.1) is 13.8 Å². The Balaban J connectivity index is 0.704. The molecule has 16 heteroatoms. The maximum absolute atomic E-state index is 13.7. The molecule has 5 aliphatic rings. The molecule has 0 bridgehead atoms. The Bertz CT molecular complexity index is 2730. The fourth-order valence-corrected chi connectivity index (χ4v) is 10.3. The van der Waals surface area contributed by atoms with Gasteiger partial charge in [0.1, 0.15) is 23.6 Å². The van der Waals surface area contributed by atoms with Gasteiger partial charge in [-0.3, -0.25) is 24.4 Å². The first-order valence-corrected chi connectivity index (χ1v) is 24.2. The quantitative estimate of drug-likeness (QED) is 0.143. The predicted octanol–water partition coefficient (Wildman–Crippen LogP) is 8.36. The second kappa shape index (κ2) is 18.9. The van der Waals surface area contributed by atoms with Crippen molar-refractivity contribution in [2.24, 2.45) is 0 Å². The third-order valence-corrected chi connectivity index (χ3v) is 14.1. The van der Waals surface area contributed by atoms with Crippen LogP contribution in [0.4, 0.5) is 44.0 Å². The second-order valence-electron chi connectivity index (χ2n) is 19.8. The number of ether oxygens (including phenoxy) is 3. The molecule has 4 amide bonds. The lowest BCUT2D eigenvalue weighted by Gasteiger charge is -2.47. The number of piperidine rings is 1. The van der Waals surface area contributed by atoms with Crippen LogP contribution in [-0.2, 0) is 29.0 Å². The monoisotopic (exact) mass is 934 g/mol. The fourth-order valence-electron chi connectivity index (χ4n) is 10.3. The molecule has 1 N–H and O–H groups in total. The van der Waals surface area contributed by atoms with Crippen molar-refractivity contribution < 1.29 is 28.6 Å². The molecule has 0 radical (unpaired) electrons. The van der Waals surface area contributed by atoms with Crippen molar-refractivity contribution >= 4 is 52.4 Å². The molecule has 360 valence electrons. The van der Waals surface area contributed by atoms with E-state index in [9.17, 15) is 14.4 Å². The third-order valence-electron chi connectivity index (χ3n) is 14.1. The van der Waals surface area contributed by atoms with Crippen molar-refractivity contribution in [3.05, 3.63) is 113 Å². The molecule has 10 rings (SSSR count). The molecule has 3 fully saturated rings. The molecule has 3 saturated heterocycles. The van der Waals surface area contributed by atoms with Crippen LogP contribution in [0.5, 0.6) is 11.6 Å². The van der Waals surface area contributed by atoms with Crippen LogP contribution in [0.2, 0.25) is 0 Å². The summed E-state index contributed by atoms with van der Waals surface area (Å²) >= 11 is 0. The predicted molar refractivity (Wildman–Crippen MR) is 266 cm³/mol. The Labute approximate surface area is 404 Å². The minimum atomic E-state index is -0.619. The number of anilines is 6. The highest BCUT2D eigenvalue weighted by molar-refractivity contribution is 6.06. The van der Waals surface area contributed by atoms with Crippen molar-refractivity contribution in [1.82, 2.24) is 24.8 Å². The molecular weight excluding hydrogens is 873 g/mol. The van der Waals surface area contributed by atoms with Crippen LogP contribution >= 0.6 is 0 Å². The first-order chi connectivity index (χ1) is 33.3. The largest absolute Gasteiger partial charge is 0.497 e. The second-order valence-corrected chi connectivity index (χ2v) is 19.8. The number of nitrogens with zero attached hydrogens (tertiary/aromatic N) is 9. The van der Waals surface area contributed by atoms with E-state index in [-0.39, 0.29) is 24.9 Å². The van der Waals surface area contributed by atoms with Gasteiger partial charge in [0.25, 0.3) is 0 Å². The summed E-state index contributed by atoms with van der Waals surface area (Å²) in [6.07, 6.45) is 6.65. The molecule has 16 nitrogen and oxygen atoms in total. The van der Waals surface area contributed by atoms with Gasteiger partial charge in [0, 0.05) is 86.5 Å². The molecule has 0 saturated carbocycles. The van der Waals surface area contributed by atoms with Crippen molar-refractivity contribution in [3.8, 4) is 11.6 Å². The smallest absolute Gasteiger partial charge is 0.415 e. The summed E-state index contributed by atoms with van der Waals surface area (Å²) in [4.78, 5) is 66.1. The standard InChI is InChI=1S/C53H62N10O6/c1-34-27-42(13-16-45(34)61-24-20-47(64)63(51(61)65)30-36-7-14-43(67-6)15-8-36)58-22-18-41(19-23-58)60-31-39(32-60)37-9-11-40(12-10-37)56-50-55-28-38-17-21-59(33-44(38)57-50)46-29-54-49-48(35(46)2)62(25-26-68-49)52(66)69-53(3,4)5/h7-16,27-29,39,41H,17-26,30-33H2,1-6H3,(H,55,56,57). The highest BCUT2D eigenvalue weighted by Gasteiger charge is 2.37. The van der Waals surface area contributed by atoms with E-state index in [1.165, 1.54) is 16.2 Å². The molecule has 5 aliphatic heterocycles. The number of fused-ring (bicyclic) bond motifs is 2. The van der Waals surface area contributed by atoms with Crippen molar-refractivity contribution in [2.45, 2.75) is 91.0 Å². The number of aryl methyl sites for hydroxylation is 1. The number of imide groups is 1. The molecule has 0 atom stereocenters. The average molecular weight is 935 g/mol. The van der Waals surface area contributed by atoms with E-state index >= 15 is 0 Å². The number of hydrogen-bond donors (Lipinski definition) is 1. The number of carbonyl (C=O) groups is 3. The molecule has 2 aromatic heterocycles. The highest BCUT2D eigenvalue weighted by atomic mass is 16.6. The summed E-state index contributed by atoms with van der Waals surface area (Å²) in [5.74, 6) is 2.09. The van der Waals surface area contributed by atoms with E-state index in [4.69, 9.17) is 19.2 Å². The summed E-state index contributed by atoms with van der Waals surface area (Å²) in [7, 11) is 1.62. The lowest BCUT2D eigenvalue weighted by Crippen LogP contribution is -2.54. The first kappa shape index (κ1) is 45.8. The molecule has 3 aromatic carbocycles. The number of nitrogens with one attached hydrogen (secondary N) is 1. The summed E-state index contributed by atoms with van der Waals surface area (Å²) in [5, 5.41) is 3.44. The minimum absolute atomic E-state index is 0.153. The number of amides is 4. The van der Waals surface area contributed by atoms with Gasteiger partial charge < -0.3 is 29.3 Å². The van der Waals surface area contributed by atoms with Crippen LogP contribution in [-0.4, -0.2) is 114 Å². The van der Waals surface area contributed by atoms with Gasteiger partial charge in [0.15, 0.2) is 0 Å². The summed E-state index contributed by atoms with van der Waals surface area (Å²) in [6.45, 7) is 16.5. The Morgan fingerprint density at radius 2 is 1.62 bits per heavy atom. The van der Waals surface area contributed by atoms with Crippen LogP contribution in [0.15, 0.2) is 79.1 Å². The third kappa shape index (κ3) is 9.59. The first-order valence-electron chi connectivity index (χ1n) is 24.2. The Morgan fingerprint density at radius 1 is 0.855 bits per heavy atom. The Morgan fingerprint density at radius 3 is 2.35 bits per heavy atom. The zero-order valence-corrected chi connectivity index (χ0v) is 40.5. The fraction of sp³-hybridized carbons (Fsp3) is 0.434. The number of hydrogen-bond acceptors (Lipinski definition) is 13. The number of likely N-dealkylation sites (tertiary alicyclic amines) is 1. The van der Waals surface area contributed by atoms with Gasteiger partial charge in [-0.25, -0.2) is 24.5 Å². The number of aromatic nitrogens is 3. The molecule has 7 heterocycles. The number of methoxy groups -OCH3 is 1. The van der Waals surface area contributed by atoms with Crippen LogP contribution in [0.25, 0.3) is 0 Å². The molecule has 0 spiro atoms. The van der Waals surface area contributed by atoms with E-state index in [2.05, 4.69) is 73.3 Å². The molecule has 69 heavy (non-hydrogen) atoms. The summed E-state index contributed by atoms with van der Waals surface area (Å²) < 4.78 is 16.9. The zero-order chi connectivity index (χ0) is 48.0. The average Bonchev–Trinajstić information content (AvgIpc) is 3.33. The summed E-state index contributed by atoms with van der Waals surface area (Å²) in [6, 6.07) is 22.8. The van der Waals surface area contributed by atoms with E-state index in [0.717, 1.165) is 103 Å². The van der Waals surface area contributed by atoms with E-state index < -0.39 is 11.7 Å². The van der Waals surface area contributed by atoms with E-state index in [1.807, 2.05) is 70.4 Å². The Kier molecular flexibility index (Phi) is 12.5. The van der Waals surface area contributed by atoms with Crippen molar-refractivity contribution in [3.63, 3.8) is 0 Å². The van der Waals surface area contributed by atoms with E-state index in [0.29, 0.717) is 55.7 Å². The number of carbonyl (C=O) groups excluding carboxylic acids is 3.